The Hall–Kier alpha value is 0. The van der Waals surface area contributed by atoms with Gasteiger partial charge in [-0.25, -0.2) is 0 Å². The van der Waals surface area contributed by atoms with Crippen LogP contribution in [-0.2, 0) is 0 Å². The highest BCUT2D eigenvalue weighted by Gasteiger charge is 2.30. The molecule has 0 heteroatoms. The van der Waals surface area contributed by atoms with Crippen molar-refractivity contribution in [2.45, 2.75) is 106 Å². The van der Waals surface area contributed by atoms with Crippen molar-refractivity contribution in [1.82, 2.24) is 0 Å². The molecule has 0 heterocycles. The van der Waals surface area contributed by atoms with Crippen molar-refractivity contribution in [3.05, 3.63) is 0 Å². The molecular formula is C22H44. The van der Waals surface area contributed by atoms with Crippen LogP contribution in [0, 0.1) is 35.5 Å². The Morgan fingerprint density at radius 2 is 1.09 bits per heavy atom. The number of rotatable bonds is 4. The molecule has 0 aromatic heterocycles. The van der Waals surface area contributed by atoms with Crippen molar-refractivity contribution in [3.63, 3.8) is 0 Å². The first-order valence-electron chi connectivity index (χ1n) is 10.5. The van der Waals surface area contributed by atoms with Gasteiger partial charge >= 0.3 is 0 Å². The van der Waals surface area contributed by atoms with Gasteiger partial charge < -0.3 is 0 Å². The minimum Gasteiger partial charge on any atom is -0.0651 e. The zero-order valence-electron chi connectivity index (χ0n) is 16.5. The maximum absolute atomic E-state index is 2.44. The monoisotopic (exact) mass is 308 g/mol. The van der Waals surface area contributed by atoms with Crippen LogP contribution >= 0.6 is 0 Å². The van der Waals surface area contributed by atoms with Gasteiger partial charge in [0.05, 0.1) is 0 Å². The molecular weight excluding hydrogens is 264 g/mol. The van der Waals surface area contributed by atoms with Crippen molar-refractivity contribution < 1.29 is 0 Å². The molecule has 0 amide bonds. The van der Waals surface area contributed by atoms with Crippen molar-refractivity contribution >= 4 is 0 Å². The maximum atomic E-state index is 2.44. The molecule has 2 saturated carbocycles. The van der Waals surface area contributed by atoms with Gasteiger partial charge in [0, 0.05) is 0 Å². The second-order valence-corrected chi connectivity index (χ2v) is 8.86. The van der Waals surface area contributed by atoms with Gasteiger partial charge in [0.25, 0.3) is 0 Å². The van der Waals surface area contributed by atoms with Gasteiger partial charge in [-0.3, -0.25) is 0 Å². The molecule has 0 unspecified atom stereocenters. The van der Waals surface area contributed by atoms with E-state index in [4.69, 9.17) is 0 Å². The molecule has 0 radical (unpaired) electrons. The van der Waals surface area contributed by atoms with Crippen molar-refractivity contribution in [2.75, 3.05) is 0 Å². The van der Waals surface area contributed by atoms with Gasteiger partial charge in [-0.1, -0.05) is 67.2 Å². The summed E-state index contributed by atoms with van der Waals surface area (Å²) in [5.74, 6) is 6.12. The van der Waals surface area contributed by atoms with E-state index >= 15 is 0 Å². The molecule has 2 aliphatic rings. The molecule has 2 aliphatic carbocycles. The Kier molecular flexibility index (Phi) is 9.76. The summed E-state index contributed by atoms with van der Waals surface area (Å²) >= 11 is 0. The third-order valence-electron chi connectivity index (χ3n) is 6.88. The molecule has 0 aromatic carbocycles. The molecule has 2 fully saturated rings. The van der Waals surface area contributed by atoms with Gasteiger partial charge in [-0.15, -0.1) is 0 Å². The molecule has 0 N–H and O–H groups in total. The average molecular weight is 309 g/mol. The van der Waals surface area contributed by atoms with E-state index in [1.54, 1.807) is 12.8 Å². The maximum Gasteiger partial charge on any atom is -0.0386 e. The smallest absolute Gasteiger partial charge is 0.0386 e. The largest absolute Gasteiger partial charge is 0.0651 e. The first-order chi connectivity index (χ1) is 10.5. The number of hydrogen-bond acceptors (Lipinski definition) is 0. The fourth-order valence-corrected chi connectivity index (χ4v) is 4.33. The van der Waals surface area contributed by atoms with E-state index in [-0.39, 0.29) is 0 Å². The summed E-state index contributed by atoms with van der Waals surface area (Å²) in [7, 11) is 0. The molecule has 0 nitrogen and oxygen atoms in total. The normalized spacial score (nSPS) is 32.7. The van der Waals surface area contributed by atoms with Crippen LogP contribution in [0.4, 0.5) is 0 Å². The van der Waals surface area contributed by atoms with Crippen LogP contribution in [0.25, 0.3) is 0 Å². The van der Waals surface area contributed by atoms with E-state index in [2.05, 4.69) is 41.5 Å². The third-order valence-corrected chi connectivity index (χ3v) is 6.88. The highest BCUT2D eigenvalue weighted by Crippen LogP contribution is 2.42. The van der Waals surface area contributed by atoms with Gasteiger partial charge in [-0.05, 0) is 74.0 Å². The predicted octanol–water partition coefficient (Wildman–Crippen LogP) is 7.72. The Labute approximate surface area is 141 Å². The molecule has 2 rings (SSSR count). The highest BCUT2D eigenvalue weighted by atomic mass is 14.4. The zero-order valence-corrected chi connectivity index (χ0v) is 16.5. The van der Waals surface area contributed by atoms with Gasteiger partial charge in [0.15, 0.2) is 0 Å². The highest BCUT2D eigenvalue weighted by molar-refractivity contribution is 4.81. The minimum absolute atomic E-state index is 0.923. The lowest BCUT2D eigenvalue weighted by atomic mass is 9.68. The second-order valence-electron chi connectivity index (χ2n) is 8.86. The quantitative estimate of drug-likeness (QED) is 0.498. The van der Waals surface area contributed by atoms with Gasteiger partial charge in [0.1, 0.15) is 0 Å². The molecule has 0 saturated heterocycles. The molecule has 0 aliphatic heterocycles. The summed E-state index contributed by atoms with van der Waals surface area (Å²) in [6.07, 6.45) is 14.9. The molecule has 0 aromatic rings. The Balaban J connectivity index is 0.000000346. The summed E-state index contributed by atoms with van der Waals surface area (Å²) < 4.78 is 0. The standard InChI is InChI=1S/C16H30.C6H14/c1-12(2)14-8-10-16(11-9-14)15-6-4-13(3)5-7-15;1-4-6(3)5-2/h12-16H,4-11H2,1-3H3;6H,4-5H2,1-3H3. The van der Waals surface area contributed by atoms with E-state index in [0.717, 1.165) is 35.5 Å². The fraction of sp³-hybridized carbons (Fsp3) is 1.00. The van der Waals surface area contributed by atoms with Crippen molar-refractivity contribution in [1.29, 1.82) is 0 Å². The van der Waals surface area contributed by atoms with Gasteiger partial charge in [-0.2, -0.15) is 0 Å². The second kappa shape index (κ2) is 10.7. The van der Waals surface area contributed by atoms with E-state index < -0.39 is 0 Å². The fourth-order valence-electron chi connectivity index (χ4n) is 4.33. The van der Waals surface area contributed by atoms with Crippen LogP contribution in [-0.4, -0.2) is 0 Å². The Bertz CT molecular complexity index is 247. The van der Waals surface area contributed by atoms with E-state index in [9.17, 15) is 0 Å². The van der Waals surface area contributed by atoms with Crippen molar-refractivity contribution in [3.8, 4) is 0 Å². The predicted molar refractivity (Wildman–Crippen MR) is 101 cm³/mol. The minimum atomic E-state index is 0.923. The van der Waals surface area contributed by atoms with Crippen LogP contribution < -0.4 is 0 Å². The van der Waals surface area contributed by atoms with E-state index in [0.29, 0.717) is 0 Å². The third kappa shape index (κ3) is 7.05. The van der Waals surface area contributed by atoms with E-state index in [1.165, 1.54) is 51.4 Å². The Morgan fingerprint density at radius 3 is 1.41 bits per heavy atom. The summed E-state index contributed by atoms with van der Waals surface area (Å²) in [6.45, 7) is 14.0. The average Bonchev–Trinajstić information content (AvgIpc) is 2.55. The lowest BCUT2D eigenvalue weighted by Gasteiger charge is -2.38. The summed E-state index contributed by atoms with van der Waals surface area (Å²) in [6, 6.07) is 0. The molecule has 0 atom stereocenters. The SMILES string of the molecule is CC1CCC(C2CCC(C(C)C)CC2)CC1.CCC(C)CC. The van der Waals surface area contributed by atoms with Crippen molar-refractivity contribution in [2.24, 2.45) is 35.5 Å². The summed E-state index contributed by atoms with van der Waals surface area (Å²) in [4.78, 5) is 0. The van der Waals surface area contributed by atoms with Crippen LogP contribution in [0.2, 0.25) is 0 Å². The lowest BCUT2D eigenvalue weighted by Crippen LogP contribution is -2.26. The first kappa shape index (κ1) is 20.0. The zero-order chi connectivity index (χ0) is 16.5. The summed E-state index contributed by atoms with van der Waals surface area (Å²) in [5, 5.41) is 0. The van der Waals surface area contributed by atoms with Crippen LogP contribution in [0.5, 0.6) is 0 Å². The molecule has 0 bridgehead atoms. The topological polar surface area (TPSA) is 0 Å². The van der Waals surface area contributed by atoms with Crippen LogP contribution in [0.15, 0.2) is 0 Å². The van der Waals surface area contributed by atoms with E-state index in [1.807, 2.05) is 0 Å². The Morgan fingerprint density at radius 1 is 0.682 bits per heavy atom. The van der Waals surface area contributed by atoms with Crippen LogP contribution in [0.3, 0.4) is 0 Å². The van der Waals surface area contributed by atoms with Gasteiger partial charge in [0.2, 0.25) is 0 Å². The van der Waals surface area contributed by atoms with Crippen LogP contribution in [0.1, 0.15) is 106 Å². The molecule has 132 valence electrons. The lowest BCUT2D eigenvalue weighted by molar-refractivity contribution is 0.135. The molecule has 22 heavy (non-hydrogen) atoms. The summed E-state index contributed by atoms with van der Waals surface area (Å²) in [5.41, 5.74) is 0. The number of hydrogen-bond donors (Lipinski definition) is 0. The molecule has 0 spiro atoms. The first-order valence-corrected chi connectivity index (χ1v) is 10.5.